The molecule has 2 atom stereocenters. The number of aromatic nitrogens is 1. The Morgan fingerprint density at radius 3 is 2.54 bits per heavy atom. The minimum absolute atomic E-state index is 0.119. The van der Waals surface area contributed by atoms with Gasteiger partial charge in [0.05, 0.1) is 33.1 Å². The summed E-state index contributed by atoms with van der Waals surface area (Å²) in [6, 6.07) is 5.77. The van der Waals surface area contributed by atoms with E-state index in [1.54, 1.807) is 21.3 Å². The Hall–Kier alpha value is -2.25. The number of benzene rings is 1. The summed E-state index contributed by atoms with van der Waals surface area (Å²) >= 11 is 0. The molecule has 7 nitrogen and oxygen atoms in total. The fraction of sp³-hybridized carbons (Fsp3) is 0.526. The first-order chi connectivity index (χ1) is 12.5. The third kappa shape index (κ3) is 3.78. The van der Waals surface area contributed by atoms with Gasteiger partial charge in [-0.1, -0.05) is 11.2 Å². The highest BCUT2D eigenvalue weighted by Crippen LogP contribution is 2.40. The third-order valence-corrected chi connectivity index (χ3v) is 4.80. The van der Waals surface area contributed by atoms with Gasteiger partial charge in [-0.15, -0.1) is 0 Å². The topological polar surface area (TPSA) is 77.2 Å². The van der Waals surface area contributed by atoms with E-state index in [1.807, 2.05) is 25.1 Å². The van der Waals surface area contributed by atoms with Crippen molar-refractivity contribution in [1.82, 2.24) is 10.1 Å². The number of aliphatic hydroxyl groups excluding tert-OH is 1. The van der Waals surface area contributed by atoms with E-state index in [2.05, 4.69) is 10.1 Å². The first-order valence-corrected chi connectivity index (χ1v) is 8.66. The minimum atomic E-state index is -0.397. The number of aliphatic hydroxyl groups is 1. The second kappa shape index (κ2) is 7.97. The van der Waals surface area contributed by atoms with E-state index in [1.165, 1.54) is 0 Å². The van der Waals surface area contributed by atoms with E-state index in [9.17, 15) is 5.11 Å². The molecule has 0 aliphatic carbocycles. The van der Waals surface area contributed by atoms with Crippen molar-refractivity contribution in [3.8, 4) is 17.2 Å². The van der Waals surface area contributed by atoms with Crippen LogP contribution in [0.4, 0.5) is 0 Å². The van der Waals surface area contributed by atoms with E-state index >= 15 is 0 Å². The van der Waals surface area contributed by atoms with Gasteiger partial charge in [0, 0.05) is 43.6 Å². The number of β-amino-alcohol motifs (C(OH)–C–C–N with tert-alkyl or cyclic N) is 1. The van der Waals surface area contributed by atoms with Crippen molar-refractivity contribution in [3.63, 3.8) is 0 Å². The predicted molar refractivity (Wildman–Crippen MR) is 95.8 cm³/mol. The molecule has 1 N–H and O–H groups in total. The number of ether oxygens (including phenoxy) is 3. The quantitative estimate of drug-likeness (QED) is 0.808. The fourth-order valence-electron chi connectivity index (χ4n) is 3.57. The Balaban J connectivity index is 1.71. The Bertz CT molecular complexity index is 746. The number of aryl methyl sites for hydroxylation is 1. The zero-order valence-electron chi connectivity index (χ0n) is 15.7. The van der Waals surface area contributed by atoms with Crippen LogP contribution >= 0.6 is 0 Å². The lowest BCUT2D eigenvalue weighted by molar-refractivity contribution is 0.137. The van der Waals surface area contributed by atoms with Gasteiger partial charge in [-0.05, 0) is 13.0 Å². The van der Waals surface area contributed by atoms with E-state index in [0.717, 1.165) is 23.6 Å². The Kier molecular flexibility index (Phi) is 5.68. The smallest absolute Gasteiger partial charge is 0.203 e. The predicted octanol–water partition coefficient (Wildman–Crippen LogP) is 2.04. The second-order valence-electron chi connectivity index (χ2n) is 6.65. The summed E-state index contributed by atoms with van der Waals surface area (Å²) in [6.45, 7) is 3.94. The molecule has 2 heterocycles. The summed E-state index contributed by atoms with van der Waals surface area (Å²) in [6.07, 6.45) is 0.285. The molecule has 1 aliphatic heterocycles. The molecule has 1 saturated heterocycles. The van der Waals surface area contributed by atoms with Gasteiger partial charge in [0.25, 0.3) is 0 Å². The normalized spacial score (nSPS) is 20.3. The second-order valence-corrected chi connectivity index (χ2v) is 6.65. The lowest BCUT2D eigenvalue weighted by atomic mass is 10.0. The molecule has 1 aromatic carbocycles. The molecule has 0 radical (unpaired) electrons. The fourth-order valence-corrected chi connectivity index (χ4v) is 3.57. The van der Waals surface area contributed by atoms with Crippen molar-refractivity contribution in [3.05, 3.63) is 35.2 Å². The van der Waals surface area contributed by atoms with Gasteiger partial charge in [-0.25, -0.2) is 0 Å². The standard InChI is InChI=1S/C19H26N2O5/c1-12-7-15(26-20-12)8-14-10-21(11-16(14)22)9-13-5-6-17(23-2)19(25-4)18(13)24-3/h5-7,14,16,22H,8-11H2,1-4H3/t14-,16-/m1/s1. The van der Waals surface area contributed by atoms with Gasteiger partial charge in [0.1, 0.15) is 5.76 Å². The van der Waals surface area contributed by atoms with Crippen molar-refractivity contribution < 1.29 is 23.8 Å². The van der Waals surface area contributed by atoms with Crippen molar-refractivity contribution >= 4 is 0 Å². The Morgan fingerprint density at radius 1 is 1.15 bits per heavy atom. The zero-order chi connectivity index (χ0) is 18.7. The maximum absolute atomic E-state index is 10.4. The molecule has 2 aromatic rings. The summed E-state index contributed by atoms with van der Waals surface area (Å²) in [5.41, 5.74) is 1.85. The van der Waals surface area contributed by atoms with Crippen molar-refractivity contribution in [2.45, 2.75) is 26.0 Å². The molecular formula is C19H26N2O5. The molecular weight excluding hydrogens is 336 g/mol. The largest absolute Gasteiger partial charge is 0.493 e. The highest BCUT2D eigenvalue weighted by molar-refractivity contribution is 5.55. The molecule has 26 heavy (non-hydrogen) atoms. The summed E-state index contributed by atoms with van der Waals surface area (Å²) in [5, 5.41) is 14.4. The summed E-state index contributed by atoms with van der Waals surface area (Å²) < 4.78 is 21.6. The van der Waals surface area contributed by atoms with Crippen LogP contribution in [0.3, 0.4) is 0 Å². The minimum Gasteiger partial charge on any atom is -0.493 e. The zero-order valence-corrected chi connectivity index (χ0v) is 15.7. The highest BCUT2D eigenvalue weighted by atomic mass is 16.5. The SMILES string of the molecule is COc1ccc(CN2C[C@@H](Cc3cc(C)no3)[C@H](O)C2)c(OC)c1OC. The lowest BCUT2D eigenvalue weighted by Crippen LogP contribution is -2.21. The maximum Gasteiger partial charge on any atom is 0.203 e. The van der Waals surface area contributed by atoms with Crippen LogP contribution in [-0.4, -0.2) is 55.7 Å². The van der Waals surface area contributed by atoms with Gasteiger partial charge < -0.3 is 23.8 Å². The summed E-state index contributed by atoms with van der Waals surface area (Å²) in [5.74, 6) is 2.82. The molecule has 0 amide bonds. The molecule has 1 aliphatic rings. The molecule has 0 spiro atoms. The molecule has 0 unspecified atom stereocenters. The van der Waals surface area contributed by atoms with E-state index in [-0.39, 0.29) is 5.92 Å². The monoisotopic (exact) mass is 362 g/mol. The van der Waals surface area contributed by atoms with Gasteiger partial charge in [-0.3, -0.25) is 4.90 Å². The number of methoxy groups -OCH3 is 3. The van der Waals surface area contributed by atoms with Gasteiger partial charge >= 0.3 is 0 Å². The number of hydrogen-bond donors (Lipinski definition) is 1. The van der Waals surface area contributed by atoms with Crippen molar-refractivity contribution in [2.24, 2.45) is 5.92 Å². The number of rotatable bonds is 7. The van der Waals surface area contributed by atoms with E-state index in [0.29, 0.717) is 36.8 Å². The molecule has 0 bridgehead atoms. The molecule has 1 aromatic heterocycles. The van der Waals surface area contributed by atoms with Gasteiger partial charge in [-0.2, -0.15) is 0 Å². The van der Waals surface area contributed by atoms with Crippen LogP contribution in [0.5, 0.6) is 17.2 Å². The molecule has 7 heteroatoms. The average molecular weight is 362 g/mol. The van der Waals surface area contributed by atoms with Crippen LogP contribution in [0.15, 0.2) is 22.7 Å². The molecule has 142 valence electrons. The number of hydrogen-bond acceptors (Lipinski definition) is 7. The van der Waals surface area contributed by atoms with Crippen LogP contribution < -0.4 is 14.2 Å². The Morgan fingerprint density at radius 2 is 1.92 bits per heavy atom. The van der Waals surface area contributed by atoms with Gasteiger partial charge in [0.15, 0.2) is 11.5 Å². The number of nitrogens with zero attached hydrogens (tertiary/aromatic N) is 2. The van der Waals surface area contributed by atoms with Crippen LogP contribution in [0.25, 0.3) is 0 Å². The first-order valence-electron chi connectivity index (χ1n) is 8.66. The highest BCUT2D eigenvalue weighted by Gasteiger charge is 2.33. The van der Waals surface area contributed by atoms with Crippen LogP contribution in [0, 0.1) is 12.8 Å². The maximum atomic E-state index is 10.4. The van der Waals surface area contributed by atoms with E-state index in [4.69, 9.17) is 18.7 Å². The molecule has 1 fully saturated rings. The summed E-state index contributed by atoms with van der Waals surface area (Å²) in [4.78, 5) is 2.21. The van der Waals surface area contributed by atoms with Crippen LogP contribution in [0.2, 0.25) is 0 Å². The van der Waals surface area contributed by atoms with Crippen molar-refractivity contribution in [1.29, 1.82) is 0 Å². The van der Waals surface area contributed by atoms with Gasteiger partial charge in [0.2, 0.25) is 5.75 Å². The molecule has 3 rings (SSSR count). The van der Waals surface area contributed by atoms with Crippen molar-refractivity contribution in [2.75, 3.05) is 34.4 Å². The van der Waals surface area contributed by atoms with Crippen LogP contribution in [0.1, 0.15) is 17.0 Å². The first kappa shape index (κ1) is 18.5. The summed E-state index contributed by atoms with van der Waals surface area (Å²) in [7, 11) is 4.82. The Labute approximate surface area is 153 Å². The molecule has 0 saturated carbocycles. The third-order valence-electron chi connectivity index (χ3n) is 4.80. The lowest BCUT2D eigenvalue weighted by Gasteiger charge is -2.20. The van der Waals surface area contributed by atoms with Crippen LogP contribution in [-0.2, 0) is 13.0 Å². The average Bonchev–Trinajstić information content (AvgIpc) is 3.19. The number of likely N-dealkylation sites (tertiary alicyclic amines) is 1. The van der Waals surface area contributed by atoms with E-state index < -0.39 is 6.10 Å².